The van der Waals surface area contributed by atoms with Gasteiger partial charge in [-0.2, -0.15) is 8.42 Å². The van der Waals surface area contributed by atoms with Gasteiger partial charge in [0.05, 0.1) is 6.54 Å². The summed E-state index contributed by atoms with van der Waals surface area (Å²) in [6.45, 7) is 0.366. The lowest BCUT2D eigenvalue weighted by atomic mass is 10.2. The molecule has 7 nitrogen and oxygen atoms in total. The summed E-state index contributed by atoms with van der Waals surface area (Å²) in [5.41, 5.74) is 1.40. The summed E-state index contributed by atoms with van der Waals surface area (Å²) in [6.07, 6.45) is 3.34. The number of likely N-dealkylation sites (N-methyl/N-ethyl adjacent to an activating group) is 1. The molecule has 2 aromatic rings. The van der Waals surface area contributed by atoms with E-state index in [2.05, 4.69) is 14.7 Å². The average molecular weight is 344 g/mol. The molecule has 1 aromatic heterocycles. The van der Waals surface area contributed by atoms with Gasteiger partial charge in [-0.1, -0.05) is 18.2 Å². The predicted molar refractivity (Wildman–Crippen MR) is 88.9 cm³/mol. The Morgan fingerprint density at radius 3 is 2.75 bits per heavy atom. The molecular formula is C16H16N4O3S. The Morgan fingerprint density at radius 1 is 1.21 bits per heavy atom. The SMILES string of the molecule is CN(CC(=O)NCc1cccnc1)C1=NS(=O)(=O)c2ccccc21. The number of benzene rings is 1. The minimum absolute atomic E-state index is 0.00293. The highest BCUT2D eigenvalue weighted by Crippen LogP contribution is 2.26. The van der Waals surface area contributed by atoms with Crippen LogP contribution in [0.2, 0.25) is 0 Å². The third kappa shape index (κ3) is 3.28. The van der Waals surface area contributed by atoms with Crippen LogP contribution in [0.15, 0.2) is 58.1 Å². The largest absolute Gasteiger partial charge is 0.350 e. The predicted octanol–water partition coefficient (Wildman–Crippen LogP) is 0.779. The molecule has 0 atom stereocenters. The van der Waals surface area contributed by atoms with Crippen LogP contribution in [-0.2, 0) is 21.4 Å². The number of nitrogens with zero attached hydrogens (tertiary/aromatic N) is 3. The number of carbonyl (C=O) groups is 1. The summed E-state index contributed by atoms with van der Waals surface area (Å²) in [5, 5.41) is 2.77. The van der Waals surface area contributed by atoms with Gasteiger partial charge < -0.3 is 10.2 Å². The van der Waals surface area contributed by atoms with E-state index in [9.17, 15) is 13.2 Å². The first-order valence-corrected chi connectivity index (χ1v) is 8.72. The molecule has 1 amide bonds. The van der Waals surface area contributed by atoms with Crippen LogP contribution < -0.4 is 5.32 Å². The van der Waals surface area contributed by atoms with Gasteiger partial charge in [0.1, 0.15) is 4.90 Å². The molecule has 0 spiro atoms. The Balaban J connectivity index is 1.67. The third-order valence-electron chi connectivity index (χ3n) is 3.57. The van der Waals surface area contributed by atoms with E-state index in [-0.39, 0.29) is 23.2 Å². The minimum Gasteiger partial charge on any atom is -0.350 e. The van der Waals surface area contributed by atoms with Crippen LogP contribution >= 0.6 is 0 Å². The highest BCUT2D eigenvalue weighted by Gasteiger charge is 2.30. The molecule has 0 saturated heterocycles. The second-order valence-electron chi connectivity index (χ2n) is 5.38. The van der Waals surface area contributed by atoms with Gasteiger partial charge >= 0.3 is 0 Å². The zero-order valence-electron chi connectivity index (χ0n) is 13.0. The van der Waals surface area contributed by atoms with Gasteiger partial charge in [0.25, 0.3) is 10.0 Å². The van der Waals surface area contributed by atoms with E-state index in [1.807, 2.05) is 6.07 Å². The van der Waals surface area contributed by atoms with Crippen LogP contribution in [0.3, 0.4) is 0 Å². The first kappa shape index (κ1) is 16.1. The highest BCUT2D eigenvalue weighted by molar-refractivity contribution is 7.90. The number of aromatic nitrogens is 1. The second-order valence-corrected chi connectivity index (χ2v) is 6.95. The number of nitrogens with one attached hydrogen (secondary N) is 1. The number of hydrogen-bond donors (Lipinski definition) is 1. The number of rotatable bonds is 4. The van der Waals surface area contributed by atoms with Crippen molar-refractivity contribution in [2.45, 2.75) is 11.4 Å². The van der Waals surface area contributed by atoms with Crippen LogP contribution in [-0.4, -0.2) is 43.6 Å². The number of amides is 1. The summed E-state index contributed by atoms with van der Waals surface area (Å²) >= 11 is 0. The van der Waals surface area contributed by atoms with Gasteiger partial charge in [-0.3, -0.25) is 9.78 Å². The molecule has 1 N–H and O–H groups in total. The zero-order chi connectivity index (χ0) is 17.2. The van der Waals surface area contributed by atoms with E-state index in [0.29, 0.717) is 12.1 Å². The molecule has 0 fully saturated rings. The molecule has 0 unspecified atom stereocenters. The number of pyridine rings is 1. The van der Waals surface area contributed by atoms with E-state index in [4.69, 9.17) is 0 Å². The third-order valence-corrected chi connectivity index (χ3v) is 4.89. The number of amidine groups is 1. The van der Waals surface area contributed by atoms with Crippen molar-refractivity contribution >= 4 is 21.8 Å². The van der Waals surface area contributed by atoms with Crippen LogP contribution in [0, 0.1) is 0 Å². The first-order valence-electron chi connectivity index (χ1n) is 7.28. The average Bonchev–Trinajstić information content (AvgIpc) is 2.86. The molecule has 0 radical (unpaired) electrons. The molecule has 1 aliphatic heterocycles. The van der Waals surface area contributed by atoms with Gasteiger partial charge in [0.2, 0.25) is 5.91 Å². The van der Waals surface area contributed by atoms with Crippen molar-refractivity contribution < 1.29 is 13.2 Å². The minimum atomic E-state index is -3.68. The van der Waals surface area contributed by atoms with E-state index in [0.717, 1.165) is 5.56 Å². The number of sulfonamides is 1. The van der Waals surface area contributed by atoms with Gasteiger partial charge in [0.15, 0.2) is 5.84 Å². The van der Waals surface area contributed by atoms with Gasteiger partial charge in [-0.15, -0.1) is 4.40 Å². The van der Waals surface area contributed by atoms with Gasteiger partial charge in [0, 0.05) is 31.5 Å². The Labute approximate surface area is 140 Å². The molecule has 0 aliphatic carbocycles. The normalized spacial score (nSPS) is 14.6. The van der Waals surface area contributed by atoms with Crippen molar-refractivity contribution in [2.24, 2.45) is 4.40 Å². The number of fused-ring (bicyclic) bond motifs is 1. The van der Waals surface area contributed by atoms with Crippen molar-refractivity contribution in [1.82, 2.24) is 15.2 Å². The van der Waals surface area contributed by atoms with Crippen molar-refractivity contribution in [1.29, 1.82) is 0 Å². The van der Waals surface area contributed by atoms with Crippen LogP contribution in [0.4, 0.5) is 0 Å². The highest BCUT2D eigenvalue weighted by atomic mass is 32.2. The molecule has 124 valence electrons. The van der Waals surface area contributed by atoms with Gasteiger partial charge in [-0.05, 0) is 23.8 Å². The van der Waals surface area contributed by atoms with E-state index in [1.54, 1.807) is 43.7 Å². The monoisotopic (exact) mass is 344 g/mol. The second kappa shape index (κ2) is 6.40. The van der Waals surface area contributed by atoms with Crippen molar-refractivity contribution in [3.05, 3.63) is 59.9 Å². The maximum Gasteiger partial charge on any atom is 0.285 e. The molecule has 1 aliphatic rings. The molecule has 2 heterocycles. The lowest BCUT2D eigenvalue weighted by Gasteiger charge is -2.18. The van der Waals surface area contributed by atoms with E-state index < -0.39 is 10.0 Å². The smallest absolute Gasteiger partial charge is 0.285 e. The van der Waals surface area contributed by atoms with Crippen molar-refractivity contribution in [3.8, 4) is 0 Å². The van der Waals surface area contributed by atoms with Crippen LogP contribution in [0.5, 0.6) is 0 Å². The fourth-order valence-corrected chi connectivity index (χ4v) is 3.66. The summed E-state index contributed by atoms with van der Waals surface area (Å²) in [5.74, 6) is 0.0490. The lowest BCUT2D eigenvalue weighted by Crippen LogP contribution is -2.38. The van der Waals surface area contributed by atoms with Crippen molar-refractivity contribution in [3.63, 3.8) is 0 Å². The Hall–Kier alpha value is -2.74. The molecule has 0 saturated carbocycles. The maximum atomic E-state index is 12.1. The fraction of sp³-hybridized carbons (Fsp3) is 0.188. The quantitative estimate of drug-likeness (QED) is 0.885. The topological polar surface area (TPSA) is 91.7 Å². The molecule has 8 heteroatoms. The standard InChI is InChI=1S/C16H16N4O3S/c1-20(11-15(21)18-10-12-5-4-8-17-9-12)16-13-6-2-3-7-14(13)24(22,23)19-16/h2-9H,10-11H2,1H3,(H,18,21). The Kier molecular flexibility index (Phi) is 4.30. The van der Waals surface area contributed by atoms with E-state index >= 15 is 0 Å². The van der Waals surface area contributed by atoms with Crippen LogP contribution in [0.1, 0.15) is 11.1 Å². The molecule has 1 aromatic carbocycles. The lowest BCUT2D eigenvalue weighted by molar-refractivity contribution is -0.121. The maximum absolute atomic E-state index is 12.1. The molecule has 24 heavy (non-hydrogen) atoms. The summed E-state index contributed by atoms with van der Waals surface area (Å²) in [6, 6.07) is 10.2. The molecule has 3 rings (SSSR count). The summed E-state index contributed by atoms with van der Waals surface area (Å²) < 4.78 is 27.9. The molecule has 0 bridgehead atoms. The fourth-order valence-electron chi connectivity index (χ4n) is 2.41. The van der Waals surface area contributed by atoms with Gasteiger partial charge in [-0.25, -0.2) is 0 Å². The number of hydrogen-bond acceptors (Lipinski definition) is 5. The summed E-state index contributed by atoms with van der Waals surface area (Å²) in [7, 11) is -2.05. The molecular weight excluding hydrogens is 328 g/mol. The zero-order valence-corrected chi connectivity index (χ0v) is 13.8. The Bertz CT molecular complexity index is 895. The Morgan fingerprint density at radius 2 is 2.00 bits per heavy atom. The van der Waals surface area contributed by atoms with Crippen LogP contribution in [0.25, 0.3) is 0 Å². The number of carbonyl (C=O) groups excluding carboxylic acids is 1. The first-order chi connectivity index (χ1) is 11.5. The summed E-state index contributed by atoms with van der Waals surface area (Å²) in [4.78, 5) is 17.8. The van der Waals surface area contributed by atoms with E-state index in [1.165, 1.54) is 11.0 Å². The van der Waals surface area contributed by atoms with Crippen molar-refractivity contribution in [2.75, 3.05) is 13.6 Å².